The van der Waals surface area contributed by atoms with Gasteiger partial charge in [0.15, 0.2) is 0 Å². The summed E-state index contributed by atoms with van der Waals surface area (Å²) >= 11 is 0. The number of hydrogen-bond donors (Lipinski definition) is 3. The van der Waals surface area contributed by atoms with Crippen molar-refractivity contribution in [1.29, 1.82) is 0 Å². The lowest BCUT2D eigenvalue weighted by atomic mass is 9.75. The number of hydrogen-bond acceptors (Lipinski definition) is 3. The quantitative estimate of drug-likeness (QED) is 0.693. The number of carbonyl (C=O) groups excluding carboxylic acids is 2. The molecule has 21 heavy (non-hydrogen) atoms. The topological polar surface area (TPSA) is 98.7 Å². The van der Waals surface area contributed by atoms with E-state index in [0.717, 1.165) is 30.6 Å². The Morgan fingerprint density at radius 1 is 1.43 bits per heavy atom. The molecule has 2 fully saturated rings. The van der Waals surface area contributed by atoms with E-state index in [1.165, 1.54) is 0 Å². The molecule has 118 valence electrons. The third-order valence-electron chi connectivity index (χ3n) is 4.26. The molecule has 0 bridgehead atoms. The predicted molar refractivity (Wildman–Crippen MR) is 75.7 cm³/mol. The standard InChI is InChI=1S/C14H23N3O4/c1-14(2)5-3-4-9(6-14)16-13(21)17-8-11(18)15-7-10(17)12(19)20/h9-10H,3-8H2,1-2H3,(H,15,18)(H,16,21)(H,19,20). The van der Waals surface area contributed by atoms with Gasteiger partial charge in [0.05, 0.1) is 0 Å². The van der Waals surface area contributed by atoms with E-state index in [9.17, 15) is 14.4 Å². The minimum Gasteiger partial charge on any atom is -0.480 e. The Hall–Kier alpha value is -1.79. The number of nitrogens with one attached hydrogen (secondary N) is 2. The average molecular weight is 297 g/mol. The molecule has 2 atom stereocenters. The van der Waals surface area contributed by atoms with Crippen molar-refractivity contribution in [2.45, 2.75) is 51.6 Å². The lowest BCUT2D eigenvalue weighted by Crippen LogP contribution is -2.62. The molecule has 1 aliphatic heterocycles. The molecule has 1 aliphatic carbocycles. The summed E-state index contributed by atoms with van der Waals surface area (Å²) in [6, 6.07) is -1.42. The zero-order chi connectivity index (χ0) is 15.6. The largest absolute Gasteiger partial charge is 0.480 e. The molecule has 3 N–H and O–H groups in total. The van der Waals surface area contributed by atoms with Gasteiger partial charge in [0.1, 0.15) is 12.6 Å². The van der Waals surface area contributed by atoms with Crippen LogP contribution >= 0.6 is 0 Å². The fourth-order valence-corrected chi connectivity index (χ4v) is 3.15. The molecule has 2 rings (SSSR count). The van der Waals surface area contributed by atoms with Crippen molar-refractivity contribution in [3.8, 4) is 0 Å². The number of piperazine rings is 1. The fourth-order valence-electron chi connectivity index (χ4n) is 3.15. The number of carboxylic acids is 1. The highest BCUT2D eigenvalue weighted by Crippen LogP contribution is 2.35. The molecule has 1 heterocycles. The Labute approximate surface area is 124 Å². The SMILES string of the molecule is CC1(C)CCCC(NC(=O)N2CC(=O)NCC2C(=O)O)C1. The van der Waals surface area contributed by atoms with E-state index in [-0.39, 0.29) is 30.5 Å². The van der Waals surface area contributed by atoms with Gasteiger partial charge in [-0.2, -0.15) is 0 Å². The summed E-state index contributed by atoms with van der Waals surface area (Å²) in [7, 11) is 0. The Balaban J connectivity index is 2.00. The Kier molecular flexibility index (Phi) is 4.39. The van der Waals surface area contributed by atoms with E-state index in [4.69, 9.17) is 5.11 Å². The van der Waals surface area contributed by atoms with E-state index in [0.29, 0.717) is 0 Å². The molecule has 2 unspecified atom stereocenters. The van der Waals surface area contributed by atoms with Crippen molar-refractivity contribution in [2.24, 2.45) is 5.41 Å². The van der Waals surface area contributed by atoms with Crippen LogP contribution in [-0.4, -0.2) is 53.1 Å². The highest BCUT2D eigenvalue weighted by atomic mass is 16.4. The van der Waals surface area contributed by atoms with Crippen LogP contribution in [0.1, 0.15) is 39.5 Å². The van der Waals surface area contributed by atoms with Gasteiger partial charge in [-0.15, -0.1) is 0 Å². The van der Waals surface area contributed by atoms with E-state index < -0.39 is 18.0 Å². The summed E-state index contributed by atoms with van der Waals surface area (Å²) in [5, 5.41) is 14.5. The van der Waals surface area contributed by atoms with Crippen LogP contribution < -0.4 is 10.6 Å². The zero-order valence-corrected chi connectivity index (χ0v) is 12.5. The molecule has 0 aromatic carbocycles. The minimum atomic E-state index is -1.10. The maximum absolute atomic E-state index is 12.3. The van der Waals surface area contributed by atoms with Crippen molar-refractivity contribution < 1.29 is 19.5 Å². The summed E-state index contributed by atoms with van der Waals surface area (Å²) in [6.07, 6.45) is 3.94. The third-order valence-corrected chi connectivity index (χ3v) is 4.26. The Morgan fingerprint density at radius 2 is 2.14 bits per heavy atom. The Bertz CT molecular complexity index is 450. The van der Waals surface area contributed by atoms with Crippen molar-refractivity contribution in [2.75, 3.05) is 13.1 Å². The van der Waals surface area contributed by atoms with Crippen LogP contribution in [0.25, 0.3) is 0 Å². The second-order valence-corrected chi connectivity index (χ2v) is 6.69. The van der Waals surface area contributed by atoms with Crippen molar-refractivity contribution in [3.63, 3.8) is 0 Å². The number of carboxylic acid groups (broad SMARTS) is 1. The minimum absolute atomic E-state index is 0.0423. The summed E-state index contributed by atoms with van der Waals surface area (Å²) < 4.78 is 0. The van der Waals surface area contributed by atoms with Crippen molar-refractivity contribution >= 4 is 17.9 Å². The van der Waals surface area contributed by atoms with Gasteiger partial charge >= 0.3 is 12.0 Å². The molecule has 0 aromatic rings. The smallest absolute Gasteiger partial charge is 0.328 e. The highest BCUT2D eigenvalue weighted by Gasteiger charge is 2.37. The van der Waals surface area contributed by atoms with Gasteiger partial charge in [0.25, 0.3) is 0 Å². The van der Waals surface area contributed by atoms with Crippen LogP contribution in [0.3, 0.4) is 0 Å². The molecule has 1 saturated carbocycles. The molecular weight excluding hydrogens is 274 g/mol. The van der Waals surface area contributed by atoms with Gasteiger partial charge < -0.3 is 15.7 Å². The molecule has 1 saturated heterocycles. The Morgan fingerprint density at radius 3 is 2.76 bits per heavy atom. The van der Waals surface area contributed by atoms with Gasteiger partial charge in [-0.3, -0.25) is 9.69 Å². The lowest BCUT2D eigenvalue weighted by Gasteiger charge is -2.38. The van der Waals surface area contributed by atoms with E-state index in [2.05, 4.69) is 24.5 Å². The van der Waals surface area contributed by atoms with Gasteiger partial charge in [0.2, 0.25) is 5.91 Å². The highest BCUT2D eigenvalue weighted by molar-refractivity contribution is 5.90. The molecule has 3 amide bonds. The number of urea groups is 1. The first kappa shape index (κ1) is 15.6. The van der Waals surface area contributed by atoms with Crippen molar-refractivity contribution in [1.82, 2.24) is 15.5 Å². The van der Waals surface area contributed by atoms with Crippen LogP contribution in [0.4, 0.5) is 4.79 Å². The molecule has 0 spiro atoms. The molecular formula is C14H23N3O4. The molecule has 0 aromatic heterocycles. The maximum Gasteiger partial charge on any atom is 0.328 e. The third kappa shape index (κ3) is 3.86. The first-order valence-electron chi connectivity index (χ1n) is 7.35. The van der Waals surface area contributed by atoms with E-state index >= 15 is 0 Å². The number of amides is 3. The van der Waals surface area contributed by atoms with Crippen LogP contribution in [0, 0.1) is 5.41 Å². The fraction of sp³-hybridized carbons (Fsp3) is 0.786. The second-order valence-electron chi connectivity index (χ2n) is 6.69. The zero-order valence-electron chi connectivity index (χ0n) is 12.5. The van der Waals surface area contributed by atoms with Crippen LogP contribution in [0.5, 0.6) is 0 Å². The van der Waals surface area contributed by atoms with E-state index in [1.54, 1.807) is 0 Å². The second kappa shape index (κ2) is 5.91. The van der Waals surface area contributed by atoms with Gasteiger partial charge in [0, 0.05) is 12.6 Å². The normalized spacial score (nSPS) is 28.7. The van der Waals surface area contributed by atoms with Crippen LogP contribution in [0.15, 0.2) is 0 Å². The molecule has 7 heteroatoms. The predicted octanol–water partition coefficient (Wildman–Crippen LogP) is 0.550. The van der Waals surface area contributed by atoms with Crippen molar-refractivity contribution in [3.05, 3.63) is 0 Å². The average Bonchev–Trinajstić information content (AvgIpc) is 2.36. The van der Waals surface area contributed by atoms with Crippen LogP contribution in [0.2, 0.25) is 0 Å². The number of nitrogens with zero attached hydrogens (tertiary/aromatic N) is 1. The summed E-state index contributed by atoms with van der Waals surface area (Å²) in [5.74, 6) is -1.43. The van der Waals surface area contributed by atoms with Gasteiger partial charge in [-0.25, -0.2) is 9.59 Å². The molecule has 2 aliphatic rings. The van der Waals surface area contributed by atoms with E-state index in [1.807, 2.05) is 0 Å². The number of rotatable bonds is 2. The van der Waals surface area contributed by atoms with Gasteiger partial charge in [-0.1, -0.05) is 20.3 Å². The lowest BCUT2D eigenvalue weighted by molar-refractivity contribution is -0.144. The summed E-state index contributed by atoms with van der Waals surface area (Å²) in [5.41, 5.74) is 0.182. The number of carbonyl (C=O) groups is 3. The first-order chi connectivity index (χ1) is 9.78. The molecule has 7 nitrogen and oxygen atoms in total. The monoisotopic (exact) mass is 297 g/mol. The summed E-state index contributed by atoms with van der Waals surface area (Å²) in [4.78, 5) is 36.0. The first-order valence-corrected chi connectivity index (χ1v) is 7.35. The van der Waals surface area contributed by atoms with Gasteiger partial charge in [-0.05, 0) is 24.7 Å². The van der Waals surface area contributed by atoms with Crippen LogP contribution in [-0.2, 0) is 9.59 Å². The maximum atomic E-state index is 12.3. The number of aliphatic carboxylic acids is 1. The summed E-state index contributed by atoms with van der Waals surface area (Å²) in [6.45, 7) is 4.08. The molecule has 0 radical (unpaired) electrons.